The molecule has 2 N–H and O–H groups in total. The van der Waals surface area contributed by atoms with Gasteiger partial charge in [0, 0.05) is 24.7 Å². The van der Waals surface area contributed by atoms with Crippen molar-refractivity contribution in [3.63, 3.8) is 0 Å². The minimum atomic E-state index is -0.975. The zero-order valence-corrected chi connectivity index (χ0v) is 16.6. The minimum absolute atomic E-state index is 0.189. The number of anilines is 1. The minimum Gasteiger partial charge on any atom is -0.497 e. The summed E-state index contributed by atoms with van der Waals surface area (Å²) in [6.07, 6.45) is 1.97. The third-order valence-electron chi connectivity index (χ3n) is 5.17. The molecule has 3 heterocycles. The number of amides is 1. The Kier molecular flexibility index (Phi) is 4.98. The van der Waals surface area contributed by atoms with Crippen molar-refractivity contribution in [1.29, 1.82) is 0 Å². The quantitative estimate of drug-likeness (QED) is 0.641. The Hall–Kier alpha value is -3.69. The van der Waals surface area contributed by atoms with E-state index in [9.17, 15) is 9.18 Å². The molecule has 1 saturated heterocycles. The molecule has 1 aromatic carbocycles. The molecule has 0 bridgehead atoms. The van der Waals surface area contributed by atoms with Gasteiger partial charge in [0.15, 0.2) is 11.5 Å². The topological polar surface area (TPSA) is 108 Å². The lowest BCUT2D eigenvalue weighted by Crippen LogP contribution is -2.29. The number of benzene rings is 1. The number of carbonyl (C=O) groups excluding carboxylic acids is 1. The molecule has 1 fully saturated rings. The molecule has 0 radical (unpaired) electrons. The molecule has 1 amide bonds. The van der Waals surface area contributed by atoms with E-state index in [2.05, 4.69) is 16.5 Å². The SMILES string of the molecule is C=C(F)C(=O)N1CC[C@H](n2nc(-c3cc(OC)cc(OC)c3)c3c(N)ncnc32)C1. The van der Waals surface area contributed by atoms with Gasteiger partial charge in [-0.2, -0.15) is 5.10 Å². The van der Waals surface area contributed by atoms with Crippen molar-refractivity contribution in [3.05, 3.63) is 36.9 Å². The molecule has 3 aromatic rings. The van der Waals surface area contributed by atoms with E-state index in [1.165, 1.54) is 11.2 Å². The number of ether oxygens (including phenoxy) is 2. The van der Waals surface area contributed by atoms with E-state index < -0.39 is 11.7 Å². The summed E-state index contributed by atoms with van der Waals surface area (Å²) in [5, 5.41) is 5.35. The zero-order chi connectivity index (χ0) is 21.4. The predicted molar refractivity (Wildman–Crippen MR) is 109 cm³/mol. The van der Waals surface area contributed by atoms with Gasteiger partial charge in [-0.3, -0.25) is 4.79 Å². The molecule has 2 aromatic heterocycles. The maximum Gasteiger partial charge on any atom is 0.282 e. The fourth-order valence-electron chi connectivity index (χ4n) is 3.69. The second-order valence-corrected chi connectivity index (χ2v) is 6.95. The zero-order valence-electron chi connectivity index (χ0n) is 16.6. The maximum atomic E-state index is 13.3. The second-order valence-electron chi connectivity index (χ2n) is 6.95. The number of nitrogen functional groups attached to an aromatic ring is 1. The van der Waals surface area contributed by atoms with Gasteiger partial charge >= 0.3 is 0 Å². The van der Waals surface area contributed by atoms with Crippen molar-refractivity contribution < 1.29 is 18.7 Å². The molecular formula is C20H21FN6O3. The van der Waals surface area contributed by atoms with E-state index >= 15 is 0 Å². The standard InChI is InChI=1S/C20H21FN6O3/c1-11(21)20(28)26-5-4-13(9-26)27-19-16(18(22)23-10-24-19)17(25-27)12-6-14(29-2)8-15(7-12)30-3/h6-8,10,13H,1,4-5,9H2,2-3H3,(H2,22,23,24)/t13-/m0/s1. The smallest absolute Gasteiger partial charge is 0.282 e. The molecule has 1 atom stereocenters. The van der Waals surface area contributed by atoms with Crippen LogP contribution >= 0.6 is 0 Å². The summed E-state index contributed by atoms with van der Waals surface area (Å²) in [5.74, 6) is -0.202. The van der Waals surface area contributed by atoms with Crippen molar-refractivity contribution in [3.8, 4) is 22.8 Å². The average molecular weight is 412 g/mol. The van der Waals surface area contributed by atoms with Gasteiger partial charge < -0.3 is 20.1 Å². The number of hydrogen-bond acceptors (Lipinski definition) is 7. The Morgan fingerprint density at radius 1 is 1.23 bits per heavy atom. The van der Waals surface area contributed by atoms with E-state index in [1.807, 2.05) is 12.1 Å². The number of aromatic nitrogens is 4. The molecule has 10 heteroatoms. The first-order valence-corrected chi connectivity index (χ1v) is 9.28. The van der Waals surface area contributed by atoms with E-state index in [4.69, 9.17) is 20.3 Å². The van der Waals surface area contributed by atoms with Gasteiger partial charge in [0.1, 0.15) is 29.3 Å². The summed E-state index contributed by atoms with van der Waals surface area (Å²) < 4.78 is 25.7. The van der Waals surface area contributed by atoms with Gasteiger partial charge in [0.2, 0.25) is 0 Å². The Bertz CT molecular complexity index is 1120. The molecule has 1 aliphatic rings. The molecular weight excluding hydrogens is 391 g/mol. The van der Waals surface area contributed by atoms with Crippen LogP contribution in [0.5, 0.6) is 11.5 Å². The second kappa shape index (κ2) is 7.62. The molecule has 30 heavy (non-hydrogen) atoms. The highest BCUT2D eigenvalue weighted by atomic mass is 19.1. The van der Waals surface area contributed by atoms with Gasteiger partial charge in [-0.1, -0.05) is 6.58 Å². The highest BCUT2D eigenvalue weighted by Gasteiger charge is 2.31. The first-order valence-electron chi connectivity index (χ1n) is 9.28. The highest BCUT2D eigenvalue weighted by Crippen LogP contribution is 2.37. The van der Waals surface area contributed by atoms with Gasteiger partial charge in [-0.15, -0.1) is 0 Å². The number of carbonyl (C=O) groups is 1. The molecule has 0 unspecified atom stereocenters. The number of rotatable bonds is 5. The van der Waals surface area contributed by atoms with Crippen LogP contribution < -0.4 is 15.2 Å². The molecule has 156 valence electrons. The van der Waals surface area contributed by atoms with E-state index in [0.717, 1.165) is 5.56 Å². The Labute approximate surface area is 171 Å². The molecule has 1 aliphatic heterocycles. The lowest BCUT2D eigenvalue weighted by molar-refractivity contribution is -0.127. The lowest BCUT2D eigenvalue weighted by Gasteiger charge is -2.15. The van der Waals surface area contributed by atoms with Crippen LogP contribution in [0.1, 0.15) is 12.5 Å². The molecule has 0 saturated carbocycles. The normalized spacial score (nSPS) is 16.1. The number of hydrogen-bond donors (Lipinski definition) is 1. The van der Waals surface area contributed by atoms with Crippen molar-refractivity contribution in [2.24, 2.45) is 0 Å². The van der Waals surface area contributed by atoms with Crippen LogP contribution in [0, 0.1) is 0 Å². The van der Waals surface area contributed by atoms with Crippen LogP contribution in [0.15, 0.2) is 36.9 Å². The van der Waals surface area contributed by atoms with Crippen LogP contribution in [0.3, 0.4) is 0 Å². The number of methoxy groups -OCH3 is 2. The first kappa shape index (κ1) is 19.6. The van der Waals surface area contributed by atoms with Gasteiger partial charge in [0.05, 0.1) is 25.6 Å². The summed E-state index contributed by atoms with van der Waals surface area (Å²) in [5.41, 5.74) is 8.00. The monoisotopic (exact) mass is 412 g/mol. The van der Waals surface area contributed by atoms with Crippen LogP contribution in [0.25, 0.3) is 22.3 Å². The van der Waals surface area contributed by atoms with E-state index in [-0.39, 0.29) is 11.9 Å². The first-order chi connectivity index (χ1) is 14.4. The van der Waals surface area contributed by atoms with Gasteiger partial charge in [-0.05, 0) is 18.6 Å². The molecule has 0 spiro atoms. The third kappa shape index (κ3) is 3.30. The van der Waals surface area contributed by atoms with Crippen LogP contribution in [0.4, 0.5) is 10.2 Å². The maximum absolute atomic E-state index is 13.3. The van der Waals surface area contributed by atoms with Crippen LogP contribution in [-0.4, -0.2) is 57.9 Å². The predicted octanol–water partition coefficient (Wildman–Crippen LogP) is 2.35. The van der Waals surface area contributed by atoms with Gasteiger partial charge in [-0.25, -0.2) is 19.0 Å². The lowest BCUT2D eigenvalue weighted by atomic mass is 10.1. The van der Waals surface area contributed by atoms with Gasteiger partial charge in [0.25, 0.3) is 5.91 Å². The summed E-state index contributed by atoms with van der Waals surface area (Å²) in [4.78, 5) is 21.9. The van der Waals surface area contributed by atoms with Crippen molar-refractivity contribution in [2.75, 3.05) is 33.0 Å². The molecule has 9 nitrogen and oxygen atoms in total. The Morgan fingerprint density at radius 3 is 2.57 bits per heavy atom. The van der Waals surface area contributed by atoms with Crippen molar-refractivity contribution >= 4 is 22.8 Å². The summed E-state index contributed by atoms with van der Waals surface area (Å²) in [6.45, 7) is 3.79. The van der Waals surface area contributed by atoms with Crippen molar-refractivity contribution in [2.45, 2.75) is 12.5 Å². The fraction of sp³-hybridized carbons (Fsp3) is 0.300. The van der Waals surface area contributed by atoms with E-state index in [1.54, 1.807) is 25.0 Å². The number of fused-ring (bicyclic) bond motifs is 1. The molecule has 0 aliphatic carbocycles. The van der Waals surface area contributed by atoms with Crippen molar-refractivity contribution in [1.82, 2.24) is 24.6 Å². The Balaban J connectivity index is 1.82. The molecule has 4 rings (SSSR count). The number of likely N-dealkylation sites (tertiary alicyclic amines) is 1. The number of nitrogens with two attached hydrogens (primary N) is 1. The summed E-state index contributed by atoms with van der Waals surface area (Å²) in [7, 11) is 3.13. The summed E-state index contributed by atoms with van der Waals surface area (Å²) >= 11 is 0. The third-order valence-corrected chi connectivity index (χ3v) is 5.17. The number of nitrogens with zero attached hydrogens (tertiary/aromatic N) is 5. The van der Waals surface area contributed by atoms with Crippen LogP contribution in [0.2, 0.25) is 0 Å². The Morgan fingerprint density at radius 2 is 1.93 bits per heavy atom. The van der Waals surface area contributed by atoms with Crippen LogP contribution in [-0.2, 0) is 4.79 Å². The average Bonchev–Trinajstić information content (AvgIpc) is 3.38. The largest absolute Gasteiger partial charge is 0.497 e. The highest BCUT2D eigenvalue weighted by molar-refractivity contribution is 5.98. The summed E-state index contributed by atoms with van der Waals surface area (Å²) in [6, 6.07) is 5.20. The number of halogens is 1. The van der Waals surface area contributed by atoms with E-state index in [0.29, 0.717) is 47.7 Å². The fourth-order valence-corrected chi connectivity index (χ4v) is 3.69.